The van der Waals surface area contributed by atoms with Gasteiger partial charge in [-0.25, -0.2) is 9.78 Å². The van der Waals surface area contributed by atoms with E-state index in [-0.39, 0.29) is 43.6 Å². The highest BCUT2D eigenvalue weighted by molar-refractivity contribution is 6.00. The number of carbonyl (C=O) groups is 11. The van der Waals surface area contributed by atoms with Crippen LogP contribution in [-0.2, 0) is 84.8 Å². The van der Waals surface area contributed by atoms with Crippen LogP contribution in [0.25, 0.3) is 0 Å². The first-order valence-electron chi connectivity index (χ1n) is 28.7. The van der Waals surface area contributed by atoms with Gasteiger partial charge in [0.15, 0.2) is 0 Å². The Hall–Kier alpha value is -10.3. The first kappa shape index (κ1) is 70.5. The molecule has 0 saturated heterocycles. The Morgan fingerprint density at radius 2 is 0.867 bits per heavy atom. The number of carboxylic acid groups (broad SMARTS) is 1. The Morgan fingerprint density at radius 1 is 0.489 bits per heavy atom. The van der Waals surface area contributed by atoms with E-state index < -0.39 is 151 Å². The third-order valence-electron chi connectivity index (χ3n) is 14.4. The summed E-state index contributed by atoms with van der Waals surface area (Å²) < 4.78 is 0. The van der Waals surface area contributed by atoms with Gasteiger partial charge in [-0.2, -0.15) is 0 Å². The lowest BCUT2D eigenvalue weighted by Crippen LogP contribution is -2.63. The second-order valence-corrected chi connectivity index (χ2v) is 21.4. The summed E-state index contributed by atoms with van der Waals surface area (Å²) >= 11 is 0. The van der Waals surface area contributed by atoms with Crippen molar-refractivity contribution in [3.05, 3.63) is 150 Å². The normalized spacial score (nSPS) is 14.7. The zero-order valence-electron chi connectivity index (χ0n) is 49.6. The van der Waals surface area contributed by atoms with Crippen LogP contribution in [0.4, 0.5) is 0 Å². The summed E-state index contributed by atoms with van der Waals surface area (Å²) in [5, 5.41) is 73.4. The lowest BCUT2D eigenvalue weighted by atomic mass is 9.96. The smallest absolute Gasteiger partial charge is 0.326 e. The van der Waals surface area contributed by atoms with Crippen molar-refractivity contribution in [2.45, 2.75) is 126 Å². The number of phenols is 2. The highest BCUT2D eigenvalue weighted by Crippen LogP contribution is 2.17. The second-order valence-electron chi connectivity index (χ2n) is 21.4. The van der Waals surface area contributed by atoms with Gasteiger partial charge < -0.3 is 89.8 Å². The van der Waals surface area contributed by atoms with Crippen molar-refractivity contribution in [2.24, 2.45) is 17.4 Å². The monoisotopic (exact) mass is 1250 g/mol. The summed E-state index contributed by atoms with van der Waals surface area (Å²) in [7, 11) is 0. The van der Waals surface area contributed by atoms with E-state index in [9.17, 15) is 78.3 Å². The van der Waals surface area contributed by atoms with Crippen LogP contribution < -0.4 is 59.3 Å². The number of carbonyl (C=O) groups excluding carboxylic acids is 10. The van der Waals surface area contributed by atoms with E-state index in [0.29, 0.717) is 34.4 Å². The third-order valence-corrected chi connectivity index (χ3v) is 14.4. The van der Waals surface area contributed by atoms with Crippen LogP contribution in [0.5, 0.6) is 11.5 Å². The fraction of sp³-hybridized carbons (Fsp3) is 0.377. The van der Waals surface area contributed by atoms with Crippen LogP contribution in [0.3, 0.4) is 0 Å². The number of aliphatic hydroxyl groups excluding tert-OH is 2. The minimum atomic E-state index is -1.95. The molecule has 0 radical (unpaired) electrons. The van der Waals surface area contributed by atoms with E-state index in [4.69, 9.17) is 11.5 Å². The van der Waals surface area contributed by atoms with Crippen LogP contribution in [0.15, 0.2) is 122 Å². The zero-order valence-corrected chi connectivity index (χ0v) is 49.6. The van der Waals surface area contributed by atoms with Crippen LogP contribution in [0, 0.1) is 5.92 Å². The fourth-order valence-electron chi connectivity index (χ4n) is 9.17. The van der Waals surface area contributed by atoms with Crippen LogP contribution >= 0.6 is 0 Å². The largest absolute Gasteiger partial charge is 0.508 e. The number of H-pyrrole nitrogens is 1. The number of aromatic hydroxyl groups is 2. The Bertz CT molecular complexity index is 3230. The zero-order chi connectivity index (χ0) is 66.0. The standard InChI is InChI=1S/C61H77N13O16/c1-4-33(2)51(59(87)71-47(61(89)90)27-39-30-64-32-65-39)73-56(84)45(26-38-17-21-41(78)22-18-38)68-54(82)43(23-35-11-7-5-8-12-35)67-55(83)46(28-49(63)79)70-60(88)52(34(3)76)74-57(85)44(24-36-13-9-6-10-14-36)69-58(86)48(31-75)72-53(81)42(66-50(80)29-62)25-37-15-19-40(77)20-16-37/h5-22,30,32-34,42-48,51-52,75-78H,4,23-29,31,62H2,1-3H3,(H2,63,79)(H,64,65)(H,66,80)(H,67,83)(H,68,82)(H,69,86)(H,70,88)(H,71,87)(H,72,81)(H,73,84)(H,74,85)(H,89,90)/t33-,34+,42-,43-,44-,45-,46-,47-,48-,51-,52-/m0/s1. The van der Waals surface area contributed by atoms with Gasteiger partial charge in [0.25, 0.3) is 0 Å². The molecule has 90 heavy (non-hydrogen) atoms. The highest BCUT2D eigenvalue weighted by Gasteiger charge is 2.38. The van der Waals surface area contributed by atoms with E-state index in [1.165, 1.54) is 61.1 Å². The number of aromatic amines is 1. The topological polar surface area (TPSA) is 478 Å². The third kappa shape index (κ3) is 22.5. The molecule has 5 rings (SSSR count). The second kappa shape index (κ2) is 34.9. The molecule has 1 heterocycles. The number of carboxylic acids is 1. The van der Waals surface area contributed by atoms with Gasteiger partial charge >= 0.3 is 5.97 Å². The van der Waals surface area contributed by atoms with Crippen LogP contribution in [0.2, 0.25) is 0 Å². The molecule has 29 heteroatoms. The number of aliphatic carboxylic acids is 1. The fourth-order valence-corrected chi connectivity index (χ4v) is 9.17. The van der Waals surface area contributed by atoms with Crippen molar-refractivity contribution >= 4 is 65.0 Å². The molecule has 19 N–H and O–H groups in total. The number of nitrogens with zero attached hydrogens (tertiary/aromatic N) is 1. The number of nitrogens with one attached hydrogen (secondary N) is 10. The van der Waals surface area contributed by atoms with Gasteiger partial charge in [-0.1, -0.05) is 105 Å². The van der Waals surface area contributed by atoms with E-state index in [0.717, 1.165) is 6.92 Å². The minimum Gasteiger partial charge on any atom is -0.508 e. The molecule has 10 amide bonds. The van der Waals surface area contributed by atoms with Crippen molar-refractivity contribution < 1.29 is 78.3 Å². The van der Waals surface area contributed by atoms with Gasteiger partial charge in [-0.15, -0.1) is 0 Å². The summed E-state index contributed by atoms with van der Waals surface area (Å²) in [6.07, 6.45) is -0.787. The molecule has 1 aromatic heterocycles. The van der Waals surface area contributed by atoms with E-state index in [2.05, 4.69) is 57.8 Å². The maximum Gasteiger partial charge on any atom is 0.326 e. The molecule has 0 aliphatic carbocycles. The Balaban J connectivity index is 1.38. The number of benzene rings is 4. The molecule has 11 atom stereocenters. The van der Waals surface area contributed by atoms with E-state index in [1.54, 1.807) is 74.5 Å². The molecular weight excluding hydrogens is 1170 g/mol. The lowest BCUT2D eigenvalue weighted by Gasteiger charge is -2.29. The minimum absolute atomic E-state index is 0.0704. The van der Waals surface area contributed by atoms with Gasteiger partial charge in [-0.3, -0.25) is 47.9 Å². The van der Waals surface area contributed by atoms with Crippen molar-refractivity contribution in [1.82, 2.24) is 57.8 Å². The molecule has 0 fully saturated rings. The summed E-state index contributed by atoms with van der Waals surface area (Å²) in [5.41, 5.74) is 13.3. The van der Waals surface area contributed by atoms with Crippen molar-refractivity contribution in [3.8, 4) is 11.5 Å². The first-order valence-corrected chi connectivity index (χ1v) is 28.7. The van der Waals surface area contributed by atoms with E-state index >= 15 is 0 Å². The molecule has 4 aromatic carbocycles. The molecule has 0 saturated carbocycles. The van der Waals surface area contributed by atoms with Gasteiger partial charge in [-0.05, 0) is 59.4 Å². The number of primary amides is 1. The molecule has 0 aliphatic heterocycles. The number of imidazole rings is 1. The van der Waals surface area contributed by atoms with Gasteiger partial charge in [0.05, 0.1) is 32.0 Å². The number of rotatable bonds is 35. The predicted molar refractivity (Wildman–Crippen MR) is 322 cm³/mol. The molecule has 0 aliphatic rings. The number of amides is 10. The van der Waals surface area contributed by atoms with Gasteiger partial charge in [0.2, 0.25) is 59.1 Å². The summed E-state index contributed by atoms with van der Waals surface area (Å²) in [4.78, 5) is 158. The average Bonchev–Trinajstić information content (AvgIpc) is 1.62. The summed E-state index contributed by atoms with van der Waals surface area (Å²) in [5.74, 6) is -12.4. The Labute approximate surface area is 517 Å². The molecular formula is C61H77N13O16. The summed E-state index contributed by atoms with van der Waals surface area (Å²) in [6.45, 7) is 2.95. The van der Waals surface area contributed by atoms with Gasteiger partial charge in [0, 0.05) is 44.0 Å². The van der Waals surface area contributed by atoms with Crippen molar-refractivity contribution in [2.75, 3.05) is 13.2 Å². The average molecular weight is 1250 g/mol. The van der Waals surface area contributed by atoms with Crippen LogP contribution in [-0.4, -0.2) is 174 Å². The highest BCUT2D eigenvalue weighted by atomic mass is 16.4. The summed E-state index contributed by atoms with van der Waals surface area (Å²) in [6, 6.07) is 13.1. The number of aromatic nitrogens is 2. The molecule has 0 unspecified atom stereocenters. The molecule has 29 nitrogen and oxygen atoms in total. The maximum absolute atomic E-state index is 14.7. The number of aliphatic hydroxyl groups is 2. The van der Waals surface area contributed by atoms with Gasteiger partial charge in [0.1, 0.15) is 65.9 Å². The Kier molecular flexibility index (Phi) is 27.4. The van der Waals surface area contributed by atoms with Crippen LogP contribution in [0.1, 0.15) is 61.6 Å². The SMILES string of the molecule is CC[C@H](C)[C@H](NC(=O)[C@H](Cc1ccc(O)cc1)NC(=O)[C@H](Cc1ccccc1)NC(=O)[C@H](CC(N)=O)NC(=O)[C@@H](NC(=O)[C@H](Cc1ccccc1)NC(=O)[C@H](CO)NC(=O)[C@H](Cc1ccc(O)cc1)NC(=O)CN)[C@@H](C)O)C(=O)N[C@@H](Cc1cnc[nH]1)C(=O)O. The quantitative estimate of drug-likeness (QED) is 0.0193. The predicted octanol–water partition coefficient (Wildman–Crippen LogP) is -2.96. The molecule has 5 aromatic rings. The maximum atomic E-state index is 14.7. The number of hydrogen-bond acceptors (Lipinski definition) is 17. The number of phenolic OH excluding ortho intramolecular Hbond substituents is 2. The molecule has 0 bridgehead atoms. The van der Waals surface area contributed by atoms with Crippen molar-refractivity contribution in [1.29, 1.82) is 0 Å². The number of nitrogens with two attached hydrogens (primary N) is 2. The first-order chi connectivity index (χ1) is 42.9. The van der Waals surface area contributed by atoms with E-state index in [1.807, 2.05) is 0 Å². The Morgan fingerprint density at radius 3 is 1.27 bits per heavy atom. The molecule has 0 spiro atoms. The van der Waals surface area contributed by atoms with Crippen molar-refractivity contribution in [3.63, 3.8) is 0 Å². The lowest BCUT2D eigenvalue weighted by molar-refractivity contribution is -0.142. The molecule has 482 valence electrons. The number of hydrogen-bond donors (Lipinski definition) is 17.